The summed E-state index contributed by atoms with van der Waals surface area (Å²) in [4.78, 5) is 33.2. The number of hydrogen-bond acceptors (Lipinski definition) is 5. The summed E-state index contributed by atoms with van der Waals surface area (Å²) in [5.74, 6) is -2.16. The van der Waals surface area contributed by atoms with E-state index in [1.807, 2.05) is 0 Å². The van der Waals surface area contributed by atoms with Gasteiger partial charge in [-0.3, -0.25) is 14.9 Å². The molecule has 0 aliphatic rings. The molecule has 0 spiro atoms. The number of carboxylic acids is 1. The van der Waals surface area contributed by atoms with Gasteiger partial charge in [0.1, 0.15) is 5.75 Å². The minimum Gasteiger partial charge on any atom is -0.508 e. The lowest BCUT2D eigenvalue weighted by molar-refractivity contribution is -0.384. The molecule has 0 unspecified atom stereocenters. The Balaban J connectivity index is 2.34. The Labute approximate surface area is 123 Å². The number of carbonyl (C=O) groups is 2. The second kappa shape index (κ2) is 5.92. The van der Waals surface area contributed by atoms with Crippen molar-refractivity contribution >= 4 is 23.3 Å². The third kappa shape index (κ3) is 3.18. The summed E-state index contributed by atoms with van der Waals surface area (Å²) in [6.45, 7) is 0. The molecule has 0 radical (unpaired) electrons. The predicted molar refractivity (Wildman–Crippen MR) is 76.1 cm³/mol. The molecule has 2 rings (SSSR count). The van der Waals surface area contributed by atoms with Gasteiger partial charge < -0.3 is 15.5 Å². The van der Waals surface area contributed by atoms with Crippen molar-refractivity contribution < 1.29 is 24.7 Å². The fourth-order valence-electron chi connectivity index (χ4n) is 1.76. The van der Waals surface area contributed by atoms with Crippen LogP contribution in [0, 0.1) is 10.1 Å². The Morgan fingerprint density at radius 2 is 1.68 bits per heavy atom. The van der Waals surface area contributed by atoms with E-state index in [9.17, 15) is 19.7 Å². The molecular weight excluding hydrogens is 292 g/mol. The Morgan fingerprint density at radius 1 is 1.05 bits per heavy atom. The van der Waals surface area contributed by atoms with Crippen LogP contribution < -0.4 is 5.32 Å². The Kier molecular flexibility index (Phi) is 4.03. The van der Waals surface area contributed by atoms with Gasteiger partial charge in [0.25, 0.3) is 11.6 Å². The highest BCUT2D eigenvalue weighted by Crippen LogP contribution is 2.20. The number of amides is 1. The zero-order valence-corrected chi connectivity index (χ0v) is 11.0. The summed E-state index contributed by atoms with van der Waals surface area (Å²) in [6, 6.07) is 8.52. The minimum atomic E-state index is -1.44. The molecule has 0 bridgehead atoms. The van der Waals surface area contributed by atoms with Gasteiger partial charge >= 0.3 is 5.97 Å². The normalized spacial score (nSPS) is 10.0. The first-order valence-electron chi connectivity index (χ1n) is 6.00. The standard InChI is InChI=1S/C14H10N2O6/c17-10-4-1-8(2-5-10)15-13(18)11-6-3-9(16(21)22)7-12(11)14(19)20/h1-7,17H,(H,15,18)(H,19,20). The molecule has 112 valence electrons. The highest BCUT2D eigenvalue weighted by atomic mass is 16.6. The highest BCUT2D eigenvalue weighted by molar-refractivity contribution is 6.11. The van der Waals surface area contributed by atoms with E-state index in [0.29, 0.717) is 5.69 Å². The van der Waals surface area contributed by atoms with Gasteiger partial charge in [-0.05, 0) is 30.3 Å². The van der Waals surface area contributed by atoms with Crippen molar-refractivity contribution in [1.82, 2.24) is 0 Å². The highest BCUT2D eigenvalue weighted by Gasteiger charge is 2.20. The SMILES string of the molecule is O=C(O)c1cc([N+](=O)[O-])ccc1C(=O)Nc1ccc(O)cc1. The summed E-state index contributed by atoms with van der Waals surface area (Å²) in [5, 5.41) is 31.4. The maximum Gasteiger partial charge on any atom is 0.336 e. The lowest BCUT2D eigenvalue weighted by Gasteiger charge is -2.08. The molecule has 22 heavy (non-hydrogen) atoms. The van der Waals surface area contributed by atoms with Gasteiger partial charge in [-0.1, -0.05) is 0 Å². The summed E-state index contributed by atoms with van der Waals surface area (Å²) in [7, 11) is 0. The number of nitrogens with one attached hydrogen (secondary N) is 1. The Hall–Kier alpha value is -3.42. The van der Waals surface area contributed by atoms with E-state index in [1.54, 1.807) is 0 Å². The molecular formula is C14H10N2O6. The van der Waals surface area contributed by atoms with Gasteiger partial charge in [0, 0.05) is 17.8 Å². The molecule has 0 aliphatic carbocycles. The number of carboxylic acid groups (broad SMARTS) is 1. The number of aromatic carboxylic acids is 1. The molecule has 0 saturated heterocycles. The second-order valence-electron chi connectivity index (χ2n) is 4.29. The maximum atomic E-state index is 12.1. The second-order valence-corrected chi connectivity index (χ2v) is 4.29. The van der Waals surface area contributed by atoms with Crippen molar-refractivity contribution in [3.05, 3.63) is 63.7 Å². The lowest BCUT2D eigenvalue weighted by atomic mass is 10.1. The fraction of sp³-hybridized carbons (Fsp3) is 0. The summed E-state index contributed by atoms with van der Waals surface area (Å²) in [5.41, 5.74) is -0.743. The number of carbonyl (C=O) groups excluding carboxylic acids is 1. The van der Waals surface area contributed by atoms with E-state index < -0.39 is 28.1 Å². The number of nitrogens with zero attached hydrogens (tertiary/aromatic N) is 1. The van der Waals surface area contributed by atoms with Crippen LogP contribution in [0.5, 0.6) is 5.75 Å². The van der Waals surface area contributed by atoms with Crippen LogP contribution in [-0.4, -0.2) is 27.0 Å². The third-order valence-corrected chi connectivity index (χ3v) is 2.81. The molecule has 8 heteroatoms. The molecule has 0 fully saturated rings. The van der Waals surface area contributed by atoms with E-state index >= 15 is 0 Å². The number of nitro benzene ring substituents is 1. The molecule has 0 atom stereocenters. The number of benzene rings is 2. The molecule has 0 heterocycles. The molecule has 0 saturated carbocycles. The van der Waals surface area contributed by atoms with Crippen molar-refractivity contribution in [1.29, 1.82) is 0 Å². The Morgan fingerprint density at radius 3 is 2.23 bits per heavy atom. The topological polar surface area (TPSA) is 130 Å². The number of nitro groups is 1. The fourth-order valence-corrected chi connectivity index (χ4v) is 1.76. The first-order chi connectivity index (χ1) is 10.4. The van der Waals surface area contributed by atoms with E-state index in [-0.39, 0.29) is 11.3 Å². The van der Waals surface area contributed by atoms with Crippen LogP contribution in [0.15, 0.2) is 42.5 Å². The first-order valence-corrected chi connectivity index (χ1v) is 6.00. The van der Waals surface area contributed by atoms with Crippen LogP contribution in [0.2, 0.25) is 0 Å². The van der Waals surface area contributed by atoms with Crippen LogP contribution in [-0.2, 0) is 0 Å². The average Bonchev–Trinajstić information content (AvgIpc) is 2.48. The smallest absolute Gasteiger partial charge is 0.336 e. The average molecular weight is 302 g/mol. The van der Waals surface area contributed by atoms with E-state index in [4.69, 9.17) is 10.2 Å². The summed E-state index contributed by atoms with van der Waals surface area (Å²) in [6.07, 6.45) is 0. The summed E-state index contributed by atoms with van der Waals surface area (Å²) < 4.78 is 0. The van der Waals surface area contributed by atoms with Crippen molar-refractivity contribution in [2.24, 2.45) is 0 Å². The summed E-state index contributed by atoms with van der Waals surface area (Å²) >= 11 is 0. The number of phenolic OH excluding ortho intramolecular Hbond substituents is 1. The number of anilines is 1. The predicted octanol–water partition coefficient (Wildman–Crippen LogP) is 2.25. The van der Waals surface area contributed by atoms with Crippen molar-refractivity contribution in [2.45, 2.75) is 0 Å². The lowest BCUT2D eigenvalue weighted by Crippen LogP contribution is -2.16. The Bertz CT molecular complexity index is 754. The number of rotatable bonds is 4. The molecule has 0 aliphatic heterocycles. The van der Waals surface area contributed by atoms with E-state index in [1.165, 1.54) is 24.3 Å². The molecule has 1 amide bonds. The molecule has 8 nitrogen and oxygen atoms in total. The van der Waals surface area contributed by atoms with Gasteiger partial charge in [-0.2, -0.15) is 0 Å². The zero-order chi connectivity index (χ0) is 16.3. The molecule has 0 aromatic heterocycles. The zero-order valence-electron chi connectivity index (χ0n) is 11.0. The van der Waals surface area contributed by atoms with Gasteiger partial charge in [-0.25, -0.2) is 4.79 Å². The number of aromatic hydroxyl groups is 1. The van der Waals surface area contributed by atoms with Gasteiger partial charge in [0.15, 0.2) is 0 Å². The third-order valence-electron chi connectivity index (χ3n) is 2.81. The quantitative estimate of drug-likeness (QED) is 0.451. The van der Waals surface area contributed by atoms with Crippen LogP contribution >= 0.6 is 0 Å². The van der Waals surface area contributed by atoms with Crippen LogP contribution in [0.1, 0.15) is 20.7 Å². The van der Waals surface area contributed by atoms with E-state index in [2.05, 4.69) is 5.32 Å². The van der Waals surface area contributed by atoms with Crippen LogP contribution in [0.3, 0.4) is 0 Å². The van der Waals surface area contributed by atoms with Crippen LogP contribution in [0.4, 0.5) is 11.4 Å². The minimum absolute atomic E-state index is 0.0135. The van der Waals surface area contributed by atoms with Crippen molar-refractivity contribution in [3.63, 3.8) is 0 Å². The molecule has 2 aromatic carbocycles. The van der Waals surface area contributed by atoms with Gasteiger partial charge in [0.05, 0.1) is 16.1 Å². The van der Waals surface area contributed by atoms with Crippen LogP contribution in [0.25, 0.3) is 0 Å². The maximum absolute atomic E-state index is 12.1. The number of non-ortho nitro benzene ring substituents is 1. The number of phenols is 1. The van der Waals surface area contributed by atoms with E-state index in [0.717, 1.165) is 18.2 Å². The largest absolute Gasteiger partial charge is 0.508 e. The van der Waals surface area contributed by atoms with Crippen molar-refractivity contribution in [3.8, 4) is 5.75 Å². The molecule has 2 aromatic rings. The number of hydrogen-bond donors (Lipinski definition) is 3. The first kappa shape index (κ1) is 15.0. The molecule has 3 N–H and O–H groups in total. The van der Waals surface area contributed by atoms with Crippen molar-refractivity contribution in [2.75, 3.05) is 5.32 Å². The van der Waals surface area contributed by atoms with Gasteiger partial charge in [-0.15, -0.1) is 0 Å². The van der Waals surface area contributed by atoms with Gasteiger partial charge in [0.2, 0.25) is 0 Å². The monoisotopic (exact) mass is 302 g/mol.